The van der Waals surface area contributed by atoms with Crippen LogP contribution < -0.4 is 5.32 Å². The molecule has 0 spiro atoms. The third-order valence-electron chi connectivity index (χ3n) is 3.82. The molecule has 1 aromatic rings. The second-order valence-corrected chi connectivity index (χ2v) is 7.97. The molecule has 0 saturated carbocycles. The maximum Gasteiger partial charge on any atom is 0.248 e. The van der Waals surface area contributed by atoms with E-state index in [1.54, 1.807) is 11.3 Å². The molecular weight excluding hydrogens is 340 g/mol. The van der Waals surface area contributed by atoms with Gasteiger partial charge in [-0.25, -0.2) is 0 Å². The Kier molecular flexibility index (Phi) is 4.54. The minimum Gasteiger partial charge on any atom is -0.342 e. The van der Waals surface area contributed by atoms with E-state index in [0.717, 1.165) is 8.66 Å². The number of carbonyl (C=O) groups is 2. The Balaban J connectivity index is 2.28. The minimum atomic E-state index is -0.795. The van der Waals surface area contributed by atoms with E-state index >= 15 is 0 Å². The molecule has 4 nitrogen and oxygen atoms in total. The van der Waals surface area contributed by atoms with Crippen LogP contribution in [0.15, 0.2) is 15.9 Å². The van der Waals surface area contributed by atoms with Crippen LogP contribution in [0.4, 0.5) is 0 Å². The molecule has 2 unspecified atom stereocenters. The molecule has 20 heavy (non-hydrogen) atoms. The second-order valence-electron chi connectivity index (χ2n) is 5.43. The summed E-state index contributed by atoms with van der Waals surface area (Å²) in [6.45, 7) is 6.22. The van der Waals surface area contributed by atoms with E-state index < -0.39 is 5.54 Å². The van der Waals surface area contributed by atoms with Gasteiger partial charge in [0.25, 0.3) is 0 Å². The standard InChI is InChI=1S/C14H19BrN2O2S/c1-4-14(3)13(19)17(9(2)7-12(18)16-14)8-10-5-6-11(15)20-10/h5-6,9H,4,7-8H2,1-3H3,(H,16,18). The van der Waals surface area contributed by atoms with Crippen molar-refractivity contribution in [2.45, 2.75) is 51.7 Å². The molecule has 2 heterocycles. The van der Waals surface area contributed by atoms with Crippen molar-refractivity contribution in [3.05, 3.63) is 20.8 Å². The summed E-state index contributed by atoms with van der Waals surface area (Å²) < 4.78 is 1.05. The highest BCUT2D eigenvalue weighted by Crippen LogP contribution is 2.27. The van der Waals surface area contributed by atoms with Gasteiger partial charge in [0.2, 0.25) is 11.8 Å². The lowest BCUT2D eigenvalue weighted by Gasteiger charge is -2.33. The molecule has 1 N–H and O–H groups in total. The first-order chi connectivity index (χ1) is 9.35. The number of hydrogen-bond donors (Lipinski definition) is 1. The smallest absolute Gasteiger partial charge is 0.248 e. The van der Waals surface area contributed by atoms with Crippen LogP contribution in [0, 0.1) is 0 Å². The zero-order valence-corrected chi connectivity index (χ0v) is 14.3. The Bertz CT molecular complexity index is 531. The number of rotatable bonds is 3. The van der Waals surface area contributed by atoms with E-state index in [9.17, 15) is 9.59 Å². The van der Waals surface area contributed by atoms with E-state index in [2.05, 4.69) is 21.2 Å². The van der Waals surface area contributed by atoms with E-state index in [1.807, 2.05) is 37.8 Å². The normalized spacial score (nSPS) is 27.4. The number of amides is 2. The summed E-state index contributed by atoms with van der Waals surface area (Å²) in [6, 6.07) is 3.91. The van der Waals surface area contributed by atoms with Crippen LogP contribution in [0.2, 0.25) is 0 Å². The molecule has 110 valence electrons. The molecule has 2 rings (SSSR count). The fourth-order valence-electron chi connectivity index (χ4n) is 2.38. The first kappa shape index (κ1) is 15.5. The van der Waals surface area contributed by atoms with Crippen LogP contribution in [-0.4, -0.2) is 28.3 Å². The van der Waals surface area contributed by atoms with Gasteiger partial charge in [-0.05, 0) is 48.3 Å². The lowest BCUT2D eigenvalue weighted by atomic mass is 9.97. The summed E-state index contributed by atoms with van der Waals surface area (Å²) in [7, 11) is 0. The Morgan fingerprint density at radius 2 is 2.20 bits per heavy atom. The summed E-state index contributed by atoms with van der Waals surface area (Å²) in [6.07, 6.45) is 0.947. The SMILES string of the molecule is CCC1(C)NC(=O)CC(C)N(Cc2ccc(Br)s2)C1=O. The van der Waals surface area contributed by atoms with Gasteiger partial charge in [0.05, 0.1) is 10.3 Å². The summed E-state index contributed by atoms with van der Waals surface area (Å²) in [5.74, 6) is -0.0482. The largest absolute Gasteiger partial charge is 0.342 e. The number of thiophene rings is 1. The predicted molar refractivity (Wildman–Crippen MR) is 83.5 cm³/mol. The molecule has 1 fully saturated rings. The van der Waals surface area contributed by atoms with Crippen molar-refractivity contribution in [1.82, 2.24) is 10.2 Å². The topological polar surface area (TPSA) is 49.4 Å². The number of hydrogen-bond acceptors (Lipinski definition) is 3. The monoisotopic (exact) mass is 358 g/mol. The Labute approximate surface area is 131 Å². The van der Waals surface area contributed by atoms with Crippen LogP contribution in [0.3, 0.4) is 0 Å². The fourth-order valence-corrected chi connectivity index (χ4v) is 3.86. The van der Waals surface area contributed by atoms with E-state index in [0.29, 0.717) is 19.4 Å². The molecule has 6 heteroatoms. The van der Waals surface area contributed by atoms with Crippen LogP contribution in [0.1, 0.15) is 38.5 Å². The van der Waals surface area contributed by atoms with Gasteiger partial charge in [-0.3, -0.25) is 9.59 Å². The molecule has 0 radical (unpaired) electrons. The molecule has 0 aromatic carbocycles. The van der Waals surface area contributed by atoms with Crippen molar-refractivity contribution >= 4 is 39.1 Å². The third kappa shape index (κ3) is 3.06. The molecule has 2 atom stereocenters. The van der Waals surface area contributed by atoms with Gasteiger partial charge in [-0.1, -0.05) is 6.92 Å². The maximum absolute atomic E-state index is 12.8. The van der Waals surface area contributed by atoms with Crippen molar-refractivity contribution in [3.63, 3.8) is 0 Å². The minimum absolute atomic E-state index is 0.00266. The van der Waals surface area contributed by atoms with Crippen LogP contribution in [0.5, 0.6) is 0 Å². The van der Waals surface area contributed by atoms with Gasteiger partial charge in [-0.2, -0.15) is 0 Å². The molecule has 1 aliphatic heterocycles. The van der Waals surface area contributed by atoms with Crippen LogP contribution >= 0.6 is 27.3 Å². The first-order valence-electron chi connectivity index (χ1n) is 6.72. The highest BCUT2D eigenvalue weighted by atomic mass is 79.9. The highest BCUT2D eigenvalue weighted by Gasteiger charge is 2.41. The molecule has 0 aliphatic carbocycles. The number of carbonyl (C=O) groups excluding carboxylic acids is 2. The molecule has 1 aromatic heterocycles. The average molecular weight is 359 g/mol. The van der Waals surface area contributed by atoms with Crippen molar-refractivity contribution < 1.29 is 9.59 Å². The zero-order valence-electron chi connectivity index (χ0n) is 11.9. The Morgan fingerprint density at radius 3 is 2.75 bits per heavy atom. The summed E-state index contributed by atoms with van der Waals surface area (Å²) in [4.78, 5) is 27.6. The van der Waals surface area contributed by atoms with Crippen LogP contribution in [-0.2, 0) is 16.1 Å². The fraction of sp³-hybridized carbons (Fsp3) is 0.571. The van der Waals surface area contributed by atoms with Crippen molar-refractivity contribution in [2.75, 3.05) is 0 Å². The van der Waals surface area contributed by atoms with E-state index in [1.165, 1.54) is 0 Å². The number of halogens is 1. The predicted octanol–water partition coefficient (Wildman–Crippen LogP) is 2.92. The maximum atomic E-state index is 12.8. The van der Waals surface area contributed by atoms with Crippen molar-refractivity contribution in [3.8, 4) is 0 Å². The number of nitrogens with zero attached hydrogens (tertiary/aromatic N) is 1. The molecule has 0 bridgehead atoms. The van der Waals surface area contributed by atoms with E-state index in [4.69, 9.17) is 0 Å². The van der Waals surface area contributed by atoms with Crippen molar-refractivity contribution in [1.29, 1.82) is 0 Å². The van der Waals surface area contributed by atoms with Gasteiger partial charge >= 0.3 is 0 Å². The Hall–Kier alpha value is -0.880. The van der Waals surface area contributed by atoms with Crippen molar-refractivity contribution in [2.24, 2.45) is 0 Å². The zero-order chi connectivity index (χ0) is 14.9. The lowest BCUT2D eigenvalue weighted by molar-refractivity contribution is -0.140. The quantitative estimate of drug-likeness (QED) is 0.902. The lowest BCUT2D eigenvalue weighted by Crippen LogP contribution is -2.55. The highest BCUT2D eigenvalue weighted by molar-refractivity contribution is 9.11. The number of nitrogens with one attached hydrogen (secondary N) is 1. The first-order valence-corrected chi connectivity index (χ1v) is 8.33. The second kappa shape index (κ2) is 5.85. The summed E-state index contributed by atoms with van der Waals surface area (Å²) >= 11 is 5.06. The van der Waals surface area contributed by atoms with Gasteiger partial charge in [0, 0.05) is 17.3 Å². The molecule has 2 amide bonds. The molecular formula is C14H19BrN2O2S. The van der Waals surface area contributed by atoms with Gasteiger partial charge < -0.3 is 10.2 Å². The summed E-state index contributed by atoms with van der Waals surface area (Å²) in [5.41, 5.74) is -0.795. The van der Waals surface area contributed by atoms with Gasteiger partial charge in [0.15, 0.2) is 0 Å². The van der Waals surface area contributed by atoms with E-state index in [-0.39, 0.29) is 17.9 Å². The van der Waals surface area contributed by atoms with Gasteiger partial charge in [0.1, 0.15) is 5.54 Å². The third-order valence-corrected chi connectivity index (χ3v) is 5.43. The summed E-state index contributed by atoms with van der Waals surface area (Å²) in [5, 5.41) is 2.87. The molecule has 1 saturated heterocycles. The van der Waals surface area contributed by atoms with Gasteiger partial charge in [-0.15, -0.1) is 11.3 Å². The Morgan fingerprint density at radius 1 is 1.50 bits per heavy atom. The average Bonchev–Trinajstić information content (AvgIpc) is 2.76. The van der Waals surface area contributed by atoms with Crippen LogP contribution in [0.25, 0.3) is 0 Å². The molecule has 1 aliphatic rings.